The summed E-state index contributed by atoms with van der Waals surface area (Å²) < 4.78 is 1.42. The summed E-state index contributed by atoms with van der Waals surface area (Å²) in [5.74, 6) is 0.784. The number of amides is 2. The quantitative estimate of drug-likeness (QED) is 0.773. The van der Waals surface area contributed by atoms with Crippen LogP contribution < -0.4 is 5.56 Å². The second kappa shape index (κ2) is 5.46. The Balaban J connectivity index is 1.39. The second-order valence-electron chi connectivity index (χ2n) is 7.54. The SMILES string of the molecule is Cn1cccc(C(=O)N2CCC3(CC2)CN(CC2CC2)C3=O)c1=O. The first-order chi connectivity index (χ1) is 11.5. The fourth-order valence-corrected chi connectivity index (χ4v) is 3.95. The molecule has 0 N–H and O–H groups in total. The van der Waals surface area contributed by atoms with Gasteiger partial charge in [-0.2, -0.15) is 0 Å². The number of carbonyl (C=O) groups is 2. The van der Waals surface area contributed by atoms with Gasteiger partial charge in [0.05, 0.1) is 5.41 Å². The van der Waals surface area contributed by atoms with Crippen LogP contribution in [-0.4, -0.2) is 52.4 Å². The molecule has 0 bridgehead atoms. The molecule has 1 aliphatic carbocycles. The van der Waals surface area contributed by atoms with Gasteiger partial charge in [-0.25, -0.2) is 0 Å². The van der Waals surface area contributed by atoms with Crippen molar-refractivity contribution in [3.8, 4) is 0 Å². The fraction of sp³-hybridized carbons (Fsp3) is 0.611. The Bertz CT molecular complexity index is 742. The van der Waals surface area contributed by atoms with Crippen LogP contribution in [-0.2, 0) is 11.8 Å². The molecule has 2 amide bonds. The van der Waals surface area contributed by atoms with Gasteiger partial charge in [0.15, 0.2) is 0 Å². The zero-order valence-electron chi connectivity index (χ0n) is 14.0. The molecule has 2 aliphatic heterocycles. The molecule has 1 aromatic rings. The maximum Gasteiger partial charge on any atom is 0.263 e. The number of rotatable bonds is 3. The van der Waals surface area contributed by atoms with Crippen LogP contribution in [0, 0.1) is 11.3 Å². The number of hydrogen-bond donors (Lipinski definition) is 0. The van der Waals surface area contributed by atoms with Crippen molar-refractivity contribution in [1.29, 1.82) is 0 Å². The van der Waals surface area contributed by atoms with E-state index in [-0.39, 0.29) is 28.4 Å². The van der Waals surface area contributed by atoms with E-state index in [4.69, 9.17) is 0 Å². The number of aryl methyl sites for hydroxylation is 1. The Kier molecular flexibility index (Phi) is 3.51. The molecule has 0 aromatic carbocycles. The van der Waals surface area contributed by atoms with E-state index in [1.54, 1.807) is 30.3 Å². The number of aromatic nitrogens is 1. The number of hydrogen-bond acceptors (Lipinski definition) is 3. The highest BCUT2D eigenvalue weighted by Gasteiger charge is 2.54. The third kappa shape index (κ3) is 2.44. The van der Waals surface area contributed by atoms with Crippen LogP contribution in [0.3, 0.4) is 0 Å². The average molecular weight is 329 g/mol. The van der Waals surface area contributed by atoms with Crippen LogP contribution in [0.1, 0.15) is 36.0 Å². The molecule has 1 spiro atoms. The maximum atomic E-state index is 12.6. The molecule has 4 rings (SSSR count). The second-order valence-corrected chi connectivity index (χ2v) is 7.54. The summed E-state index contributed by atoms with van der Waals surface area (Å²) in [5.41, 5.74) is -0.294. The molecule has 3 fully saturated rings. The van der Waals surface area contributed by atoms with Gasteiger partial charge in [-0.3, -0.25) is 14.4 Å². The van der Waals surface area contributed by atoms with Crippen molar-refractivity contribution in [2.45, 2.75) is 25.7 Å². The van der Waals surface area contributed by atoms with Gasteiger partial charge in [0.2, 0.25) is 5.91 Å². The minimum Gasteiger partial charge on any atom is -0.341 e. The average Bonchev–Trinajstić information content (AvgIpc) is 3.41. The summed E-state index contributed by atoms with van der Waals surface area (Å²) in [4.78, 5) is 40.9. The molecule has 0 atom stereocenters. The molecule has 24 heavy (non-hydrogen) atoms. The largest absolute Gasteiger partial charge is 0.341 e. The molecular weight excluding hydrogens is 306 g/mol. The minimum atomic E-state index is -0.266. The summed E-state index contributed by atoms with van der Waals surface area (Å²) in [6.07, 6.45) is 5.58. The summed E-state index contributed by atoms with van der Waals surface area (Å²) in [5, 5.41) is 0. The van der Waals surface area contributed by atoms with Crippen molar-refractivity contribution in [2.75, 3.05) is 26.2 Å². The van der Waals surface area contributed by atoms with E-state index >= 15 is 0 Å². The standard InChI is InChI=1S/C18H23N3O3/c1-19-8-2-3-14(15(19)22)16(23)20-9-6-18(7-10-20)12-21(17(18)24)11-13-4-5-13/h2-3,8,13H,4-7,9-12H2,1H3. The van der Waals surface area contributed by atoms with Crippen molar-refractivity contribution >= 4 is 11.8 Å². The zero-order valence-corrected chi connectivity index (χ0v) is 14.0. The third-order valence-corrected chi connectivity index (χ3v) is 5.77. The normalized spacial score (nSPS) is 22.6. The highest BCUT2D eigenvalue weighted by Crippen LogP contribution is 2.44. The van der Waals surface area contributed by atoms with E-state index in [0.29, 0.717) is 25.9 Å². The predicted molar refractivity (Wildman–Crippen MR) is 88.6 cm³/mol. The van der Waals surface area contributed by atoms with E-state index in [0.717, 1.165) is 19.0 Å². The number of likely N-dealkylation sites (tertiary alicyclic amines) is 2. The van der Waals surface area contributed by atoms with E-state index in [1.807, 2.05) is 4.90 Å². The number of carbonyl (C=O) groups excluding carboxylic acids is 2. The van der Waals surface area contributed by atoms with Crippen molar-refractivity contribution in [2.24, 2.45) is 18.4 Å². The lowest BCUT2D eigenvalue weighted by Gasteiger charge is -2.52. The lowest BCUT2D eigenvalue weighted by atomic mass is 9.71. The van der Waals surface area contributed by atoms with Gasteiger partial charge in [0, 0.05) is 39.4 Å². The van der Waals surface area contributed by atoms with Crippen LogP contribution in [0.2, 0.25) is 0 Å². The predicted octanol–water partition coefficient (Wildman–Crippen LogP) is 0.860. The van der Waals surface area contributed by atoms with Gasteiger partial charge in [-0.1, -0.05) is 0 Å². The van der Waals surface area contributed by atoms with Gasteiger partial charge in [0.1, 0.15) is 5.56 Å². The molecular formula is C18H23N3O3. The first kappa shape index (κ1) is 15.4. The van der Waals surface area contributed by atoms with E-state index in [2.05, 4.69) is 0 Å². The highest BCUT2D eigenvalue weighted by molar-refractivity contribution is 5.94. The zero-order chi connectivity index (χ0) is 16.9. The first-order valence-corrected chi connectivity index (χ1v) is 8.74. The number of pyridine rings is 1. The van der Waals surface area contributed by atoms with Crippen LogP contribution in [0.25, 0.3) is 0 Å². The number of β-lactam (4-membered cyclic amide) rings is 1. The van der Waals surface area contributed by atoms with Gasteiger partial charge in [0.25, 0.3) is 11.5 Å². The van der Waals surface area contributed by atoms with Crippen molar-refractivity contribution < 1.29 is 9.59 Å². The van der Waals surface area contributed by atoms with Crippen LogP contribution in [0.5, 0.6) is 0 Å². The Morgan fingerprint density at radius 1 is 1.25 bits per heavy atom. The lowest BCUT2D eigenvalue weighted by Crippen LogP contribution is -2.65. The minimum absolute atomic E-state index is 0.214. The molecule has 1 aromatic heterocycles. The first-order valence-electron chi connectivity index (χ1n) is 8.74. The molecule has 6 nitrogen and oxygen atoms in total. The summed E-state index contributed by atoms with van der Waals surface area (Å²) >= 11 is 0. The van der Waals surface area contributed by atoms with E-state index in [1.165, 1.54) is 17.4 Å². The summed E-state index contributed by atoms with van der Waals surface area (Å²) in [6.45, 7) is 2.88. The van der Waals surface area contributed by atoms with E-state index < -0.39 is 0 Å². The van der Waals surface area contributed by atoms with Crippen LogP contribution in [0.4, 0.5) is 0 Å². The lowest BCUT2D eigenvalue weighted by molar-refractivity contribution is -0.165. The van der Waals surface area contributed by atoms with Gasteiger partial charge < -0.3 is 14.4 Å². The third-order valence-electron chi connectivity index (χ3n) is 5.77. The Morgan fingerprint density at radius 2 is 1.96 bits per heavy atom. The molecule has 128 valence electrons. The maximum absolute atomic E-state index is 12.6. The molecule has 1 saturated carbocycles. The van der Waals surface area contributed by atoms with Crippen molar-refractivity contribution in [3.05, 3.63) is 34.2 Å². The van der Waals surface area contributed by atoms with Gasteiger partial charge in [-0.15, -0.1) is 0 Å². The fourth-order valence-electron chi connectivity index (χ4n) is 3.95. The monoisotopic (exact) mass is 329 g/mol. The molecule has 6 heteroatoms. The smallest absolute Gasteiger partial charge is 0.263 e. The molecule has 2 saturated heterocycles. The van der Waals surface area contributed by atoms with Crippen molar-refractivity contribution in [1.82, 2.24) is 14.4 Å². The highest BCUT2D eigenvalue weighted by atomic mass is 16.2. The number of piperidine rings is 1. The van der Waals surface area contributed by atoms with Gasteiger partial charge >= 0.3 is 0 Å². The molecule has 0 unspecified atom stereocenters. The molecule has 0 radical (unpaired) electrons. The Morgan fingerprint density at radius 3 is 2.58 bits per heavy atom. The van der Waals surface area contributed by atoms with E-state index in [9.17, 15) is 14.4 Å². The molecule has 3 heterocycles. The number of nitrogens with zero attached hydrogens (tertiary/aromatic N) is 3. The van der Waals surface area contributed by atoms with Gasteiger partial charge in [-0.05, 0) is 43.7 Å². The summed E-state index contributed by atoms with van der Waals surface area (Å²) in [7, 11) is 1.64. The topological polar surface area (TPSA) is 62.6 Å². The Hall–Kier alpha value is -2.11. The molecule has 3 aliphatic rings. The van der Waals surface area contributed by atoms with Crippen LogP contribution in [0.15, 0.2) is 23.1 Å². The Labute approximate surface area is 141 Å². The van der Waals surface area contributed by atoms with Crippen molar-refractivity contribution in [3.63, 3.8) is 0 Å². The summed E-state index contributed by atoms with van der Waals surface area (Å²) in [6, 6.07) is 3.30. The van der Waals surface area contributed by atoms with Crippen LogP contribution >= 0.6 is 0 Å².